The van der Waals surface area contributed by atoms with Gasteiger partial charge in [-0.1, -0.05) is 39.7 Å². The molecule has 1 amide bonds. The van der Waals surface area contributed by atoms with Crippen LogP contribution in [0.2, 0.25) is 10.0 Å². The topological polar surface area (TPSA) is 129 Å². The number of H-pyrrole nitrogens is 1. The van der Waals surface area contributed by atoms with Crippen LogP contribution in [-0.2, 0) is 9.57 Å². The zero-order valence-electron chi connectivity index (χ0n) is 16.9. The molecule has 168 valence electrons. The van der Waals surface area contributed by atoms with Crippen molar-refractivity contribution in [3.05, 3.63) is 32.0 Å². The second kappa shape index (κ2) is 9.86. The summed E-state index contributed by atoms with van der Waals surface area (Å²) in [7, 11) is 2.92. The number of methoxy groups -OCH3 is 1. The van der Waals surface area contributed by atoms with Gasteiger partial charge in [0.25, 0.3) is 5.91 Å². The SMILES string of the molecule is CO/N=C/c1nc(N2CC[C@@H](NC(=O)c3[nH]c(C)c(Cl)c3Cl)[C@@H](OC)C2)sc1C(=O)O. The van der Waals surface area contributed by atoms with Gasteiger partial charge in [-0.25, -0.2) is 9.78 Å². The average molecular weight is 490 g/mol. The van der Waals surface area contributed by atoms with Gasteiger partial charge >= 0.3 is 5.97 Å². The maximum absolute atomic E-state index is 12.7. The fraction of sp³-hybridized carbons (Fsp3) is 0.444. The molecule has 3 N–H and O–H groups in total. The Kier molecular flexibility index (Phi) is 7.42. The van der Waals surface area contributed by atoms with E-state index in [1.54, 1.807) is 14.0 Å². The lowest BCUT2D eigenvalue weighted by Crippen LogP contribution is -2.55. The summed E-state index contributed by atoms with van der Waals surface area (Å²) in [5.74, 6) is -1.47. The predicted octanol–water partition coefficient (Wildman–Crippen LogP) is 2.79. The molecule has 0 spiro atoms. The Balaban J connectivity index is 1.73. The predicted molar refractivity (Wildman–Crippen MR) is 118 cm³/mol. The number of aryl methyl sites for hydroxylation is 1. The molecular formula is C18H21Cl2N5O5S. The number of carboxylic acids is 1. The van der Waals surface area contributed by atoms with Crippen LogP contribution >= 0.6 is 34.5 Å². The fourth-order valence-electron chi connectivity index (χ4n) is 3.26. The molecule has 3 heterocycles. The number of carbonyl (C=O) groups excluding carboxylic acids is 1. The Bertz CT molecular complexity index is 1010. The van der Waals surface area contributed by atoms with Crippen LogP contribution in [0.1, 0.15) is 38.0 Å². The quantitative estimate of drug-likeness (QED) is 0.402. The number of rotatable bonds is 7. The molecule has 2 aromatic heterocycles. The van der Waals surface area contributed by atoms with Crippen molar-refractivity contribution < 1.29 is 24.3 Å². The van der Waals surface area contributed by atoms with E-state index in [9.17, 15) is 14.7 Å². The van der Waals surface area contributed by atoms with E-state index in [-0.39, 0.29) is 39.3 Å². The molecule has 2 atom stereocenters. The van der Waals surface area contributed by atoms with E-state index >= 15 is 0 Å². The average Bonchev–Trinajstić information content (AvgIpc) is 3.29. The number of carboxylic acid groups (broad SMARTS) is 1. The van der Waals surface area contributed by atoms with Crippen LogP contribution in [0.25, 0.3) is 0 Å². The summed E-state index contributed by atoms with van der Waals surface area (Å²) < 4.78 is 5.59. The Labute approximate surface area is 192 Å². The highest BCUT2D eigenvalue weighted by Crippen LogP contribution is 2.31. The number of anilines is 1. The van der Waals surface area contributed by atoms with Crippen molar-refractivity contribution in [2.75, 3.05) is 32.2 Å². The third-order valence-corrected chi connectivity index (χ3v) is 6.91. The minimum atomic E-state index is -1.09. The highest BCUT2D eigenvalue weighted by molar-refractivity contribution is 7.17. The maximum Gasteiger partial charge on any atom is 0.348 e. The maximum atomic E-state index is 12.7. The van der Waals surface area contributed by atoms with E-state index in [1.807, 2.05) is 4.90 Å². The molecule has 13 heteroatoms. The van der Waals surface area contributed by atoms with Crippen LogP contribution in [-0.4, -0.2) is 72.6 Å². The minimum absolute atomic E-state index is 0.0637. The monoisotopic (exact) mass is 489 g/mol. The first kappa shape index (κ1) is 23.3. The number of hydrogen-bond acceptors (Lipinski definition) is 8. The molecule has 31 heavy (non-hydrogen) atoms. The number of aromatic carboxylic acids is 1. The number of aromatic nitrogens is 2. The van der Waals surface area contributed by atoms with Gasteiger partial charge in [0.15, 0.2) is 5.13 Å². The summed E-state index contributed by atoms with van der Waals surface area (Å²) in [6, 6.07) is -0.277. The van der Waals surface area contributed by atoms with Crippen LogP contribution in [0, 0.1) is 6.92 Å². The molecule has 0 unspecified atom stereocenters. The number of amides is 1. The number of oxime groups is 1. The van der Waals surface area contributed by atoms with Crippen molar-refractivity contribution in [1.82, 2.24) is 15.3 Å². The molecule has 0 aliphatic carbocycles. The Hall–Kier alpha value is -2.34. The second-order valence-electron chi connectivity index (χ2n) is 6.77. The standard InChI is InChI=1S/C18H21Cl2N5O5S/c1-8-12(19)13(20)14(22-8)16(26)23-9-4-5-25(7-11(9)29-2)18-24-10(6-21-30-3)15(31-18)17(27)28/h6,9,11,22H,4-5,7H2,1-3H3,(H,23,26)(H,27,28)/b21-6+/t9-,11+/m1/s1. The number of nitrogens with one attached hydrogen (secondary N) is 2. The number of piperidine rings is 1. The van der Waals surface area contributed by atoms with Gasteiger partial charge in [-0.3, -0.25) is 4.79 Å². The third kappa shape index (κ3) is 4.95. The zero-order valence-corrected chi connectivity index (χ0v) is 19.3. The van der Waals surface area contributed by atoms with Gasteiger partial charge in [0.1, 0.15) is 23.4 Å². The van der Waals surface area contributed by atoms with Crippen molar-refractivity contribution in [1.29, 1.82) is 0 Å². The zero-order chi connectivity index (χ0) is 22.7. The molecule has 1 saturated heterocycles. The molecule has 0 saturated carbocycles. The van der Waals surface area contributed by atoms with Crippen molar-refractivity contribution in [3.8, 4) is 0 Å². The number of thiazole rings is 1. The van der Waals surface area contributed by atoms with Gasteiger partial charge in [0.05, 0.1) is 28.4 Å². The molecule has 0 bridgehead atoms. The van der Waals surface area contributed by atoms with E-state index in [4.69, 9.17) is 27.9 Å². The van der Waals surface area contributed by atoms with Gasteiger partial charge in [0.2, 0.25) is 0 Å². The van der Waals surface area contributed by atoms with Crippen LogP contribution in [0.5, 0.6) is 0 Å². The number of nitrogens with zero attached hydrogens (tertiary/aromatic N) is 3. The molecule has 10 nitrogen and oxygen atoms in total. The summed E-state index contributed by atoms with van der Waals surface area (Å²) >= 11 is 13.2. The second-order valence-corrected chi connectivity index (χ2v) is 8.51. The van der Waals surface area contributed by atoms with E-state index in [2.05, 4.69) is 25.3 Å². The Morgan fingerprint density at radius 2 is 2.13 bits per heavy atom. The van der Waals surface area contributed by atoms with Crippen LogP contribution in [0.4, 0.5) is 5.13 Å². The number of aromatic amines is 1. The number of hydrogen-bond donors (Lipinski definition) is 3. The van der Waals surface area contributed by atoms with Gasteiger partial charge in [-0.2, -0.15) is 0 Å². The lowest BCUT2D eigenvalue weighted by atomic mass is 10.0. The highest BCUT2D eigenvalue weighted by Gasteiger charge is 2.33. The molecule has 1 aliphatic rings. The van der Waals surface area contributed by atoms with Gasteiger partial charge in [-0.05, 0) is 13.3 Å². The first-order valence-corrected chi connectivity index (χ1v) is 10.8. The van der Waals surface area contributed by atoms with Crippen LogP contribution in [0.15, 0.2) is 5.16 Å². The van der Waals surface area contributed by atoms with Crippen molar-refractivity contribution >= 4 is 57.8 Å². The van der Waals surface area contributed by atoms with E-state index in [0.717, 1.165) is 11.3 Å². The first-order chi connectivity index (χ1) is 14.8. The van der Waals surface area contributed by atoms with Crippen molar-refractivity contribution in [3.63, 3.8) is 0 Å². The Morgan fingerprint density at radius 3 is 2.71 bits per heavy atom. The largest absolute Gasteiger partial charge is 0.477 e. The van der Waals surface area contributed by atoms with E-state index in [1.165, 1.54) is 13.3 Å². The molecule has 0 radical (unpaired) electrons. The number of halogens is 2. The first-order valence-electron chi connectivity index (χ1n) is 9.19. The summed E-state index contributed by atoms with van der Waals surface area (Å²) in [6.07, 6.45) is 1.47. The lowest BCUT2D eigenvalue weighted by molar-refractivity contribution is 0.0540. The highest BCUT2D eigenvalue weighted by atomic mass is 35.5. The van der Waals surface area contributed by atoms with Crippen molar-refractivity contribution in [2.45, 2.75) is 25.5 Å². The summed E-state index contributed by atoms with van der Waals surface area (Å²) in [5.41, 5.74) is 1.03. The summed E-state index contributed by atoms with van der Waals surface area (Å²) in [5, 5.41) is 17.0. The van der Waals surface area contributed by atoms with Gasteiger partial charge < -0.3 is 29.9 Å². The molecule has 1 aliphatic heterocycles. The molecule has 3 rings (SSSR count). The Morgan fingerprint density at radius 1 is 1.39 bits per heavy atom. The summed E-state index contributed by atoms with van der Waals surface area (Å²) in [6.45, 7) is 2.68. The third-order valence-electron chi connectivity index (χ3n) is 4.85. The number of ether oxygens (including phenoxy) is 1. The molecule has 0 aromatic carbocycles. The molecule has 2 aromatic rings. The lowest BCUT2D eigenvalue weighted by Gasteiger charge is -2.37. The smallest absolute Gasteiger partial charge is 0.348 e. The van der Waals surface area contributed by atoms with E-state index < -0.39 is 5.97 Å². The molecular weight excluding hydrogens is 469 g/mol. The van der Waals surface area contributed by atoms with E-state index in [0.29, 0.717) is 35.4 Å². The van der Waals surface area contributed by atoms with Crippen LogP contribution < -0.4 is 10.2 Å². The number of carbonyl (C=O) groups is 2. The fourth-order valence-corrected chi connectivity index (χ4v) is 4.59. The molecule has 1 fully saturated rings. The summed E-state index contributed by atoms with van der Waals surface area (Å²) in [4.78, 5) is 38.1. The van der Waals surface area contributed by atoms with Gasteiger partial charge in [0, 0.05) is 25.9 Å². The van der Waals surface area contributed by atoms with Gasteiger partial charge in [-0.15, -0.1) is 0 Å². The minimum Gasteiger partial charge on any atom is -0.477 e. The normalized spacial score (nSPS) is 19.1. The van der Waals surface area contributed by atoms with Crippen molar-refractivity contribution in [2.24, 2.45) is 5.16 Å². The van der Waals surface area contributed by atoms with Crippen LogP contribution in [0.3, 0.4) is 0 Å².